The van der Waals surface area contributed by atoms with Crippen molar-refractivity contribution in [1.29, 1.82) is 0 Å². The zero-order valence-corrected chi connectivity index (χ0v) is 15.7. The van der Waals surface area contributed by atoms with Crippen LogP contribution in [0.1, 0.15) is 5.56 Å². The molecule has 0 saturated carbocycles. The Hall–Kier alpha value is -2.78. The van der Waals surface area contributed by atoms with Crippen LogP contribution in [0.3, 0.4) is 0 Å². The van der Waals surface area contributed by atoms with Crippen LogP contribution in [0.25, 0.3) is 10.9 Å². The van der Waals surface area contributed by atoms with Crippen LogP contribution in [0, 0.1) is 6.92 Å². The van der Waals surface area contributed by atoms with Gasteiger partial charge >= 0.3 is 0 Å². The minimum absolute atomic E-state index is 0.148. The number of rotatable bonds is 5. The molecule has 9 heteroatoms. The molecule has 3 heterocycles. The molecule has 1 aliphatic heterocycles. The first-order valence-corrected chi connectivity index (χ1v) is 9.37. The number of benzene rings is 1. The van der Waals surface area contributed by atoms with Crippen molar-refractivity contribution in [2.75, 3.05) is 43.1 Å². The van der Waals surface area contributed by atoms with E-state index < -0.39 is 0 Å². The summed E-state index contributed by atoms with van der Waals surface area (Å²) in [5, 5.41) is 3.86. The molecule has 0 atom stereocenters. The number of nitrogens with one attached hydrogen (secondary N) is 1. The minimum Gasteiger partial charge on any atom is -0.464 e. The monoisotopic (exact) mass is 385 g/mol. The number of hydrogen-bond donors (Lipinski definition) is 1. The van der Waals surface area contributed by atoms with Crippen LogP contribution in [-0.2, 0) is 9.53 Å². The topological polar surface area (TPSA) is 89.5 Å². The van der Waals surface area contributed by atoms with Gasteiger partial charge in [0.2, 0.25) is 5.82 Å². The number of nitrogens with zero attached hydrogens (tertiary/aromatic N) is 4. The largest absolute Gasteiger partial charge is 0.464 e. The Balaban J connectivity index is 1.43. The lowest BCUT2D eigenvalue weighted by Gasteiger charge is -2.26. The number of morpholine rings is 1. The number of pyridine rings is 1. The Morgan fingerprint density at radius 1 is 1.33 bits per heavy atom. The van der Waals surface area contributed by atoms with Crippen molar-refractivity contribution in [3.05, 3.63) is 36.0 Å². The van der Waals surface area contributed by atoms with Crippen LogP contribution in [0.4, 0.5) is 11.5 Å². The van der Waals surface area contributed by atoms with E-state index in [1.807, 2.05) is 31.2 Å². The van der Waals surface area contributed by atoms with Gasteiger partial charge in [-0.1, -0.05) is 6.07 Å². The number of ether oxygens (including phenoxy) is 2. The molecule has 0 spiro atoms. The standard InChI is InChI=1S/C18H19N5O3S/c1-12-9-13-3-2-4-19-16(13)14(10-12)20-15(24)11-26-18-17(21-27-22-18)23-5-7-25-8-6-23/h2-4,9-10H,5-8,11H2,1H3,(H,20,24). The fraction of sp³-hybridized carbons (Fsp3) is 0.333. The van der Waals surface area contributed by atoms with Crippen molar-refractivity contribution >= 4 is 40.0 Å². The molecule has 0 unspecified atom stereocenters. The highest BCUT2D eigenvalue weighted by Crippen LogP contribution is 2.27. The summed E-state index contributed by atoms with van der Waals surface area (Å²) in [5.74, 6) is 0.775. The van der Waals surface area contributed by atoms with Gasteiger partial charge < -0.3 is 19.7 Å². The Morgan fingerprint density at radius 3 is 3.04 bits per heavy atom. The first-order valence-electron chi connectivity index (χ1n) is 8.64. The summed E-state index contributed by atoms with van der Waals surface area (Å²) in [5.41, 5.74) is 2.47. The summed E-state index contributed by atoms with van der Waals surface area (Å²) in [6, 6.07) is 7.77. The van der Waals surface area contributed by atoms with Crippen LogP contribution in [0.5, 0.6) is 5.88 Å². The Bertz CT molecular complexity index is 955. The Morgan fingerprint density at radius 2 is 2.19 bits per heavy atom. The molecule has 1 amide bonds. The SMILES string of the molecule is Cc1cc(NC(=O)COc2nsnc2N2CCOCC2)c2ncccc2c1. The van der Waals surface area contributed by atoms with Gasteiger partial charge in [0, 0.05) is 24.7 Å². The Kier molecular flexibility index (Phi) is 5.12. The summed E-state index contributed by atoms with van der Waals surface area (Å²) < 4.78 is 19.4. The number of anilines is 2. The van der Waals surface area contributed by atoms with E-state index >= 15 is 0 Å². The molecule has 4 rings (SSSR count). The number of aromatic nitrogens is 3. The van der Waals surface area contributed by atoms with E-state index in [0.29, 0.717) is 30.6 Å². The third-order valence-corrected chi connectivity index (χ3v) is 4.72. The molecule has 1 aromatic carbocycles. The van der Waals surface area contributed by atoms with Gasteiger partial charge in [-0.2, -0.15) is 4.37 Å². The van der Waals surface area contributed by atoms with Crippen LogP contribution < -0.4 is 15.0 Å². The lowest BCUT2D eigenvalue weighted by molar-refractivity contribution is -0.118. The fourth-order valence-electron chi connectivity index (χ4n) is 2.99. The van der Waals surface area contributed by atoms with Gasteiger partial charge in [0.15, 0.2) is 6.61 Å². The van der Waals surface area contributed by atoms with Gasteiger partial charge in [0.05, 0.1) is 36.1 Å². The molecular formula is C18H19N5O3S. The second kappa shape index (κ2) is 7.85. The molecule has 0 bridgehead atoms. The number of carbonyl (C=O) groups is 1. The second-order valence-corrected chi connectivity index (χ2v) is 6.75. The van der Waals surface area contributed by atoms with Crippen molar-refractivity contribution < 1.29 is 14.3 Å². The minimum atomic E-state index is -0.270. The van der Waals surface area contributed by atoms with E-state index in [1.54, 1.807) is 6.20 Å². The fourth-order valence-corrected chi connectivity index (χ4v) is 3.51. The maximum absolute atomic E-state index is 12.4. The van der Waals surface area contributed by atoms with Gasteiger partial charge in [0.1, 0.15) is 0 Å². The molecule has 3 aromatic rings. The highest BCUT2D eigenvalue weighted by Gasteiger charge is 2.20. The molecule has 0 aliphatic carbocycles. The van der Waals surface area contributed by atoms with E-state index in [0.717, 1.165) is 41.3 Å². The highest BCUT2D eigenvalue weighted by atomic mass is 32.1. The van der Waals surface area contributed by atoms with E-state index in [2.05, 4.69) is 23.9 Å². The predicted molar refractivity (Wildman–Crippen MR) is 104 cm³/mol. The number of carbonyl (C=O) groups excluding carboxylic acids is 1. The van der Waals surface area contributed by atoms with Crippen molar-refractivity contribution in [2.45, 2.75) is 6.92 Å². The lowest BCUT2D eigenvalue weighted by atomic mass is 10.1. The zero-order chi connectivity index (χ0) is 18.6. The second-order valence-electron chi connectivity index (χ2n) is 6.22. The molecular weight excluding hydrogens is 366 g/mol. The van der Waals surface area contributed by atoms with E-state index in [-0.39, 0.29) is 12.5 Å². The summed E-state index contributed by atoms with van der Waals surface area (Å²) in [6.45, 7) is 4.58. The summed E-state index contributed by atoms with van der Waals surface area (Å²) in [7, 11) is 0. The zero-order valence-electron chi connectivity index (χ0n) is 14.8. The van der Waals surface area contributed by atoms with Gasteiger partial charge in [-0.05, 0) is 30.7 Å². The van der Waals surface area contributed by atoms with Crippen molar-refractivity contribution in [1.82, 2.24) is 13.7 Å². The average Bonchev–Trinajstić information content (AvgIpc) is 3.15. The average molecular weight is 385 g/mol. The van der Waals surface area contributed by atoms with Gasteiger partial charge in [-0.15, -0.1) is 4.37 Å². The van der Waals surface area contributed by atoms with E-state index in [4.69, 9.17) is 9.47 Å². The summed E-state index contributed by atoms with van der Waals surface area (Å²) in [4.78, 5) is 18.8. The van der Waals surface area contributed by atoms with Gasteiger partial charge in [-0.3, -0.25) is 9.78 Å². The molecule has 8 nitrogen and oxygen atoms in total. The van der Waals surface area contributed by atoms with Crippen LogP contribution >= 0.6 is 11.7 Å². The maximum atomic E-state index is 12.4. The number of fused-ring (bicyclic) bond motifs is 1. The number of hydrogen-bond acceptors (Lipinski definition) is 8. The molecule has 1 N–H and O–H groups in total. The van der Waals surface area contributed by atoms with Gasteiger partial charge in [-0.25, -0.2) is 0 Å². The molecule has 27 heavy (non-hydrogen) atoms. The first kappa shape index (κ1) is 17.6. The van der Waals surface area contributed by atoms with Crippen molar-refractivity contribution in [2.24, 2.45) is 0 Å². The lowest BCUT2D eigenvalue weighted by Crippen LogP contribution is -2.36. The maximum Gasteiger partial charge on any atom is 0.271 e. The third kappa shape index (κ3) is 3.99. The van der Waals surface area contributed by atoms with Crippen LogP contribution in [0.15, 0.2) is 30.5 Å². The highest BCUT2D eigenvalue weighted by molar-refractivity contribution is 6.99. The summed E-state index contributed by atoms with van der Waals surface area (Å²) in [6.07, 6.45) is 1.71. The predicted octanol–water partition coefficient (Wildman–Crippen LogP) is 2.25. The van der Waals surface area contributed by atoms with Gasteiger partial charge in [0.25, 0.3) is 11.8 Å². The molecule has 1 saturated heterocycles. The normalized spacial score (nSPS) is 14.3. The van der Waals surface area contributed by atoms with Crippen molar-refractivity contribution in [3.63, 3.8) is 0 Å². The summed E-state index contributed by atoms with van der Waals surface area (Å²) >= 11 is 1.07. The molecule has 2 aromatic heterocycles. The number of amides is 1. The third-order valence-electron chi connectivity index (χ3n) is 4.22. The Labute approximate surface area is 160 Å². The smallest absolute Gasteiger partial charge is 0.271 e. The van der Waals surface area contributed by atoms with E-state index in [1.165, 1.54) is 0 Å². The quantitative estimate of drug-likeness (QED) is 0.720. The molecule has 140 valence electrons. The number of aryl methyl sites for hydroxylation is 1. The first-order chi connectivity index (χ1) is 13.2. The van der Waals surface area contributed by atoms with Crippen LogP contribution in [0.2, 0.25) is 0 Å². The van der Waals surface area contributed by atoms with Crippen molar-refractivity contribution in [3.8, 4) is 5.88 Å². The molecule has 0 radical (unpaired) electrons. The van der Waals surface area contributed by atoms with Crippen LogP contribution in [-0.4, -0.2) is 52.5 Å². The molecule has 1 aliphatic rings. The van der Waals surface area contributed by atoms with E-state index in [9.17, 15) is 4.79 Å². The molecule has 1 fully saturated rings.